The van der Waals surface area contributed by atoms with Crippen molar-refractivity contribution in [3.8, 4) is 5.75 Å². The Bertz CT molecular complexity index is 750. The third-order valence-corrected chi connectivity index (χ3v) is 6.54. The number of nitrogens with one attached hydrogen (secondary N) is 1. The monoisotopic (exact) mass is 427 g/mol. The maximum absolute atomic E-state index is 12.4. The van der Waals surface area contributed by atoms with Gasteiger partial charge < -0.3 is 19.9 Å². The summed E-state index contributed by atoms with van der Waals surface area (Å²) in [5.74, 6) is 2.21. The van der Waals surface area contributed by atoms with Crippen LogP contribution in [0.1, 0.15) is 44.6 Å². The van der Waals surface area contributed by atoms with Gasteiger partial charge in [0, 0.05) is 51.4 Å². The van der Waals surface area contributed by atoms with Crippen molar-refractivity contribution >= 4 is 11.9 Å². The quantitative estimate of drug-likeness (QED) is 0.535. The molecule has 3 aliphatic rings. The first-order valence-corrected chi connectivity index (χ1v) is 12.0. The molecule has 2 heterocycles. The predicted molar refractivity (Wildman–Crippen MR) is 123 cm³/mol. The van der Waals surface area contributed by atoms with E-state index < -0.39 is 0 Å². The Hall–Kier alpha value is -2.28. The normalized spacial score (nSPS) is 20.6. The molecule has 31 heavy (non-hydrogen) atoms. The maximum Gasteiger partial charge on any atom is 0.236 e. The third-order valence-electron chi connectivity index (χ3n) is 6.54. The molecule has 7 nitrogen and oxygen atoms in total. The van der Waals surface area contributed by atoms with Gasteiger partial charge in [0.15, 0.2) is 5.96 Å². The zero-order valence-electron chi connectivity index (χ0n) is 18.9. The molecule has 2 aliphatic heterocycles. The third kappa shape index (κ3) is 5.91. The fourth-order valence-corrected chi connectivity index (χ4v) is 4.38. The van der Waals surface area contributed by atoms with Gasteiger partial charge in [-0.25, -0.2) is 4.99 Å². The lowest BCUT2D eigenvalue weighted by Crippen LogP contribution is -2.54. The molecule has 0 spiro atoms. The van der Waals surface area contributed by atoms with Crippen molar-refractivity contribution in [2.75, 3.05) is 52.4 Å². The van der Waals surface area contributed by atoms with Crippen LogP contribution in [-0.2, 0) is 11.3 Å². The lowest BCUT2D eigenvalue weighted by Gasteiger charge is -2.36. The molecule has 0 radical (unpaired) electrons. The van der Waals surface area contributed by atoms with Crippen LogP contribution in [0.3, 0.4) is 0 Å². The van der Waals surface area contributed by atoms with Crippen LogP contribution in [0, 0.1) is 0 Å². The summed E-state index contributed by atoms with van der Waals surface area (Å²) in [7, 11) is 0. The minimum atomic E-state index is 0.287. The standard InChI is InChI=1S/C24H37N5O2/c1-2-25-24(26-18-20-8-3-4-11-22(20)31-21-9-7-10-21)29-16-14-27(15-17-29)19-23(30)28-12-5-6-13-28/h3-4,8,11,21H,2,5-7,9-10,12-19H2,1H3,(H,25,26). The van der Waals surface area contributed by atoms with E-state index in [-0.39, 0.29) is 5.91 Å². The van der Waals surface area contributed by atoms with E-state index in [4.69, 9.17) is 9.73 Å². The number of hydrogen-bond donors (Lipinski definition) is 1. The second kappa shape index (κ2) is 10.8. The van der Waals surface area contributed by atoms with Crippen molar-refractivity contribution in [1.82, 2.24) is 20.0 Å². The van der Waals surface area contributed by atoms with Gasteiger partial charge in [0.05, 0.1) is 19.2 Å². The summed E-state index contributed by atoms with van der Waals surface area (Å²) in [6, 6.07) is 8.27. The molecule has 1 N–H and O–H groups in total. The van der Waals surface area contributed by atoms with Crippen LogP contribution in [0.5, 0.6) is 5.75 Å². The summed E-state index contributed by atoms with van der Waals surface area (Å²) >= 11 is 0. The number of benzene rings is 1. The van der Waals surface area contributed by atoms with Gasteiger partial charge in [0.1, 0.15) is 5.75 Å². The molecule has 1 aromatic carbocycles. The number of nitrogens with zero attached hydrogens (tertiary/aromatic N) is 4. The average Bonchev–Trinajstić information content (AvgIpc) is 3.30. The van der Waals surface area contributed by atoms with E-state index >= 15 is 0 Å². The molecule has 1 saturated carbocycles. The Labute approximate surface area is 186 Å². The Morgan fingerprint density at radius 3 is 2.45 bits per heavy atom. The fraction of sp³-hybridized carbons (Fsp3) is 0.667. The summed E-state index contributed by atoms with van der Waals surface area (Å²) in [6.45, 7) is 9.53. The highest BCUT2D eigenvalue weighted by atomic mass is 16.5. The highest BCUT2D eigenvalue weighted by Crippen LogP contribution is 2.28. The van der Waals surface area contributed by atoms with Crippen molar-refractivity contribution in [3.05, 3.63) is 29.8 Å². The van der Waals surface area contributed by atoms with Crippen LogP contribution in [0.15, 0.2) is 29.3 Å². The zero-order valence-corrected chi connectivity index (χ0v) is 18.9. The molecule has 3 fully saturated rings. The van der Waals surface area contributed by atoms with E-state index in [1.807, 2.05) is 11.0 Å². The molecule has 2 saturated heterocycles. The second-order valence-electron chi connectivity index (χ2n) is 8.80. The van der Waals surface area contributed by atoms with E-state index in [9.17, 15) is 4.79 Å². The highest BCUT2D eigenvalue weighted by molar-refractivity contribution is 5.80. The molecule has 1 aliphatic carbocycles. The van der Waals surface area contributed by atoms with E-state index in [1.54, 1.807) is 0 Å². The van der Waals surface area contributed by atoms with E-state index in [0.29, 0.717) is 19.2 Å². The Balaban J connectivity index is 1.31. The first-order valence-electron chi connectivity index (χ1n) is 12.0. The zero-order chi connectivity index (χ0) is 21.5. The van der Waals surface area contributed by atoms with Crippen LogP contribution in [0.2, 0.25) is 0 Å². The molecule has 0 bridgehead atoms. The fourth-order valence-electron chi connectivity index (χ4n) is 4.38. The summed E-state index contributed by atoms with van der Waals surface area (Å²) < 4.78 is 6.17. The van der Waals surface area contributed by atoms with Gasteiger partial charge in [-0.05, 0) is 45.1 Å². The highest BCUT2D eigenvalue weighted by Gasteiger charge is 2.25. The van der Waals surface area contributed by atoms with Crippen molar-refractivity contribution in [1.29, 1.82) is 0 Å². The van der Waals surface area contributed by atoms with Gasteiger partial charge in [0.25, 0.3) is 0 Å². The van der Waals surface area contributed by atoms with E-state index in [0.717, 1.165) is 88.8 Å². The van der Waals surface area contributed by atoms with Crippen molar-refractivity contribution in [2.24, 2.45) is 4.99 Å². The molecule has 1 amide bonds. The van der Waals surface area contributed by atoms with Gasteiger partial charge in [-0.3, -0.25) is 9.69 Å². The SMILES string of the molecule is CCNC(=NCc1ccccc1OC1CCC1)N1CCN(CC(=O)N2CCCC2)CC1. The number of guanidine groups is 1. The number of ether oxygens (including phenoxy) is 1. The number of rotatable bonds is 7. The number of hydrogen-bond acceptors (Lipinski definition) is 4. The van der Waals surface area contributed by atoms with Gasteiger partial charge in [-0.2, -0.15) is 0 Å². The predicted octanol–water partition coefficient (Wildman–Crippen LogP) is 2.32. The molecular formula is C24H37N5O2. The maximum atomic E-state index is 12.4. The van der Waals surface area contributed by atoms with Crippen LogP contribution in [-0.4, -0.2) is 85.0 Å². The molecule has 1 aromatic rings. The molecule has 0 aromatic heterocycles. The van der Waals surface area contributed by atoms with Crippen molar-refractivity contribution in [3.63, 3.8) is 0 Å². The van der Waals surface area contributed by atoms with Crippen molar-refractivity contribution < 1.29 is 9.53 Å². The summed E-state index contributed by atoms with van der Waals surface area (Å²) in [5.41, 5.74) is 1.14. The largest absolute Gasteiger partial charge is 0.490 e. The first kappa shape index (κ1) is 21.9. The van der Waals surface area contributed by atoms with E-state index in [1.165, 1.54) is 6.42 Å². The molecule has 4 rings (SSSR count). The minimum absolute atomic E-state index is 0.287. The molecular weight excluding hydrogens is 390 g/mol. The number of carbonyl (C=O) groups excluding carboxylic acids is 1. The molecule has 0 atom stereocenters. The summed E-state index contributed by atoms with van der Waals surface area (Å²) in [6.07, 6.45) is 6.25. The van der Waals surface area contributed by atoms with Crippen LogP contribution >= 0.6 is 0 Å². The topological polar surface area (TPSA) is 60.4 Å². The number of amides is 1. The number of piperazine rings is 1. The Morgan fingerprint density at radius 1 is 1.03 bits per heavy atom. The summed E-state index contributed by atoms with van der Waals surface area (Å²) in [4.78, 5) is 24.0. The van der Waals surface area contributed by atoms with Gasteiger partial charge in [-0.1, -0.05) is 18.2 Å². The number of para-hydroxylation sites is 1. The minimum Gasteiger partial charge on any atom is -0.490 e. The lowest BCUT2D eigenvalue weighted by atomic mass is 9.96. The number of likely N-dealkylation sites (tertiary alicyclic amines) is 1. The first-order chi connectivity index (χ1) is 15.2. The smallest absolute Gasteiger partial charge is 0.236 e. The molecule has 0 unspecified atom stereocenters. The molecule has 7 heteroatoms. The summed E-state index contributed by atoms with van der Waals surface area (Å²) in [5, 5.41) is 3.45. The van der Waals surface area contributed by atoms with Gasteiger partial charge >= 0.3 is 0 Å². The van der Waals surface area contributed by atoms with Crippen LogP contribution in [0.4, 0.5) is 0 Å². The van der Waals surface area contributed by atoms with Gasteiger partial charge in [0.2, 0.25) is 5.91 Å². The number of carbonyl (C=O) groups is 1. The lowest BCUT2D eigenvalue weighted by molar-refractivity contribution is -0.131. The van der Waals surface area contributed by atoms with Crippen molar-refractivity contribution in [2.45, 2.75) is 51.7 Å². The van der Waals surface area contributed by atoms with Crippen LogP contribution < -0.4 is 10.1 Å². The Morgan fingerprint density at radius 2 is 1.77 bits per heavy atom. The van der Waals surface area contributed by atoms with Crippen LogP contribution in [0.25, 0.3) is 0 Å². The number of aliphatic imine (C=N–C) groups is 1. The van der Waals surface area contributed by atoms with Gasteiger partial charge in [-0.15, -0.1) is 0 Å². The molecule has 170 valence electrons. The van der Waals surface area contributed by atoms with E-state index in [2.05, 4.69) is 40.2 Å². The average molecular weight is 428 g/mol. The Kier molecular flexibility index (Phi) is 7.67. The second-order valence-corrected chi connectivity index (χ2v) is 8.80.